The van der Waals surface area contributed by atoms with Crippen molar-refractivity contribution in [2.45, 2.75) is 63.7 Å². The molecule has 1 N–H and O–H groups in total. The van der Waals surface area contributed by atoms with Crippen molar-refractivity contribution < 1.29 is 10.1 Å². The summed E-state index contributed by atoms with van der Waals surface area (Å²) in [6, 6.07) is 53.0. The predicted octanol–water partition coefficient (Wildman–Crippen LogP) is 14.0. The van der Waals surface area contributed by atoms with Gasteiger partial charge in [0.15, 0.2) is 0 Å². The minimum absolute atomic E-state index is 0.314. The molecular weight excluding hydrogens is 800 g/mol. The molecule has 6 unspecified atom stereocenters. The van der Waals surface area contributed by atoms with E-state index < -0.39 is 0 Å². The second-order valence-electron chi connectivity index (χ2n) is 14.4. The van der Waals surface area contributed by atoms with Gasteiger partial charge in [-0.2, -0.15) is 0 Å². The van der Waals surface area contributed by atoms with E-state index >= 15 is 0 Å². The lowest BCUT2D eigenvalue weighted by Crippen LogP contribution is -2.21. The first kappa shape index (κ1) is 44.8. The van der Waals surface area contributed by atoms with E-state index in [1.807, 2.05) is 35.7 Å². The smallest absolute Gasteiger partial charge is 0.0853 e. The zero-order chi connectivity index (χ0) is 38.1. The summed E-state index contributed by atoms with van der Waals surface area (Å²) in [6.07, 6.45) is 3.32. The molecule has 0 saturated heterocycles. The Morgan fingerprint density at radius 1 is 0.453 bits per heavy atom. The number of thioether (sulfide) groups is 2. The molecule has 0 saturated carbocycles. The molecule has 2 nitrogen and oxygen atoms in total. The van der Waals surface area contributed by atoms with Gasteiger partial charge in [-0.25, -0.2) is 4.89 Å². The van der Waals surface area contributed by atoms with E-state index in [4.69, 9.17) is 5.26 Å². The highest BCUT2D eigenvalue weighted by Crippen LogP contribution is 2.27. The normalized spacial score (nSPS) is 14.2. The van der Waals surface area contributed by atoms with Crippen molar-refractivity contribution in [3.05, 3.63) is 168 Å². The van der Waals surface area contributed by atoms with Crippen LogP contribution in [0, 0.1) is 35.5 Å². The predicted molar refractivity (Wildman–Crippen MR) is 242 cm³/mol. The second-order valence-corrected chi connectivity index (χ2v) is 17.5. The molecule has 0 bridgehead atoms. The number of alkyl halides is 1. The summed E-state index contributed by atoms with van der Waals surface area (Å²) in [7, 11) is 0. The number of halogens is 1. The van der Waals surface area contributed by atoms with Gasteiger partial charge in [0.2, 0.25) is 0 Å². The van der Waals surface area contributed by atoms with Crippen LogP contribution in [0.15, 0.2) is 161 Å². The quantitative estimate of drug-likeness (QED) is 0.0312. The van der Waals surface area contributed by atoms with Crippen molar-refractivity contribution in [2.24, 2.45) is 35.5 Å². The molecule has 0 fully saturated rings. The van der Waals surface area contributed by atoms with Crippen molar-refractivity contribution in [1.82, 2.24) is 0 Å². The Kier molecular flexibility index (Phi) is 22.9. The highest BCUT2D eigenvalue weighted by atomic mass is 127. The average Bonchev–Trinajstić information content (AvgIpc) is 3.21. The van der Waals surface area contributed by atoms with Crippen LogP contribution in [-0.2, 0) is 24.2 Å². The van der Waals surface area contributed by atoms with Crippen molar-refractivity contribution in [3.8, 4) is 0 Å². The zero-order valence-corrected chi connectivity index (χ0v) is 36.2. The van der Waals surface area contributed by atoms with Crippen LogP contribution in [0.3, 0.4) is 0 Å². The van der Waals surface area contributed by atoms with E-state index in [0.717, 1.165) is 35.8 Å². The molecule has 5 rings (SSSR count). The topological polar surface area (TPSA) is 29.5 Å². The fourth-order valence-corrected chi connectivity index (χ4v) is 8.83. The maximum atomic E-state index is 8.84. The van der Waals surface area contributed by atoms with Gasteiger partial charge in [-0.15, -0.1) is 23.5 Å². The number of rotatable bonds is 18. The van der Waals surface area contributed by atoms with Crippen LogP contribution in [0.5, 0.6) is 0 Å². The van der Waals surface area contributed by atoms with E-state index in [2.05, 4.69) is 202 Å². The lowest BCUT2D eigenvalue weighted by atomic mass is 9.90. The average molecular weight is 861 g/mol. The SMILES string of the molecule is CC(CI)C(C)Cc1ccccc1.CC(CSc1ccccc1)C(C)Cc1ccccc1.CC(CSc1ccccc1)C(COO)Cc1ccccc1. The first-order valence-corrected chi connectivity index (χ1v) is 22.6. The summed E-state index contributed by atoms with van der Waals surface area (Å²) >= 11 is 6.29. The Labute approximate surface area is 344 Å². The van der Waals surface area contributed by atoms with Gasteiger partial charge in [-0.05, 0) is 95.7 Å². The molecule has 0 heterocycles. The molecule has 0 amide bonds. The highest BCUT2D eigenvalue weighted by Gasteiger charge is 2.19. The maximum Gasteiger partial charge on any atom is 0.0853 e. The molecule has 5 aromatic carbocycles. The van der Waals surface area contributed by atoms with Gasteiger partial charge in [-0.3, -0.25) is 5.26 Å². The maximum absolute atomic E-state index is 8.84. The van der Waals surface area contributed by atoms with Crippen molar-refractivity contribution in [3.63, 3.8) is 0 Å². The zero-order valence-electron chi connectivity index (χ0n) is 32.4. The summed E-state index contributed by atoms with van der Waals surface area (Å²) in [4.78, 5) is 7.10. The van der Waals surface area contributed by atoms with Gasteiger partial charge in [0, 0.05) is 25.7 Å². The van der Waals surface area contributed by atoms with Crippen LogP contribution in [0.2, 0.25) is 0 Å². The third-order valence-corrected chi connectivity index (χ3v) is 13.9. The van der Waals surface area contributed by atoms with Crippen molar-refractivity contribution in [2.75, 3.05) is 22.5 Å². The third-order valence-electron chi connectivity index (χ3n) is 9.93. The van der Waals surface area contributed by atoms with Gasteiger partial charge < -0.3 is 0 Å². The number of hydrogen-bond donors (Lipinski definition) is 1. The summed E-state index contributed by atoms with van der Waals surface area (Å²) < 4.78 is 1.26. The monoisotopic (exact) mass is 860 g/mol. The fraction of sp³-hybridized carbons (Fsp3) is 0.375. The third kappa shape index (κ3) is 19.0. The molecule has 5 heteroatoms. The van der Waals surface area contributed by atoms with Gasteiger partial charge in [-0.1, -0.05) is 185 Å². The lowest BCUT2D eigenvalue weighted by molar-refractivity contribution is -0.253. The van der Waals surface area contributed by atoms with Gasteiger partial charge in [0.25, 0.3) is 0 Å². The largest absolute Gasteiger partial charge is 0.252 e. The van der Waals surface area contributed by atoms with Crippen LogP contribution >= 0.6 is 46.1 Å². The Hall–Kier alpha value is -2.55. The van der Waals surface area contributed by atoms with E-state index in [1.54, 1.807) is 0 Å². The van der Waals surface area contributed by atoms with Gasteiger partial charge >= 0.3 is 0 Å². The molecule has 0 aliphatic heterocycles. The summed E-state index contributed by atoms with van der Waals surface area (Å²) in [5, 5.41) is 8.84. The van der Waals surface area contributed by atoms with Crippen LogP contribution in [-0.4, -0.2) is 27.8 Å². The summed E-state index contributed by atoms with van der Waals surface area (Å²) in [5.41, 5.74) is 4.20. The Morgan fingerprint density at radius 3 is 1.17 bits per heavy atom. The number of hydrogen-bond acceptors (Lipinski definition) is 4. The van der Waals surface area contributed by atoms with Crippen LogP contribution in [0.25, 0.3) is 0 Å². The van der Waals surface area contributed by atoms with E-state index in [9.17, 15) is 0 Å². The Morgan fingerprint density at radius 2 is 0.792 bits per heavy atom. The van der Waals surface area contributed by atoms with E-state index in [-0.39, 0.29) is 0 Å². The standard InChI is InChI=1S/C18H22O2S.C18H22S.C12H17I/c1-15(14-21-18-10-6-3-7-11-18)17(13-20-19)12-16-8-4-2-5-9-16;1-15(13-17-9-5-3-6-10-17)16(2)14-19-18-11-7-4-8-12-18;1-10(11(2)9-13)8-12-6-4-3-5-7-12/h2-11,15,17,19H,12-14H2,1H3;3-12,15-16H,13-14H2,1-2H3;3-7,10-11H,8-9H2,1-2H3. The molecular formula is C48H61IO2S2. The molecule has 6 atom stereocenters. The van der Waals surface area contributed by atoms with Crippen LogP contribution in [0.4, 0.5) is 0 Å². The van der Waals surface area contributed by atoms with Crippen molar-refractivity contribution >= 4 is 46.1 Å². The molecule has 0 aliphatic carbocycles. The van der Waals surface area contributed by atoms with Crippen LogP contribution in [0.1, 0.15) is 51.3 Å². The minimum atomic E-state index is 0.314. The lowest BCUT2D eigenvalue weighted by Gasteiger charge is -2.22. The first-order chi connectivity index (χ1) is 25.8. The van der Waals surface area contributed by atoms with E-state index in [1.165, 1.54) is 49.5 Å². The second kappa shape index (κ2) is 27.1. The molecule has 0 radical (unpaired) electrons. The Bertz CT molecular complexity index is 1580. The van der Waals surface area contributed by atoms with E-state index in [0.29, 0.717) is 18.4 Å². The van der Waals surface area contributed by atoms with Crippen LogP contribution < -0.4 is 0 Å². The fourth-order valence-electron chi connectivity index (χ4n) is 5.75. The summed E-state index contributed by atoms with van der Waals surface area (Å²) in [5.74, 6) is 6.04. The molecule has 284 valence electrons. The van der Waals surface area contributed by atoms with Gasteiger partial charge in [0.05, 0.1) is 6.61 Å². The molecule has 5 aromatic rings. The molecule has 0 spiro atoms. The summed E-state index contributed by atoms with van der Waals surface area (Å²) in [6.45, 7) is 12.0. The molecule has 0 aliphatic rings. The number of benzene rings is 5. The van der Waals surface area contributed by atoms with Crippen molar-refractivity contribution in [1.29, 1.82) is 0 Å². The molecule has 53 heavy (non-hydrogen) atoms. The highest BCUT2D eigenvalue weighted by molar-refractivity contribution is 14.1. The Balaban J connectivity index is 0.000000220. The van der Waals surface area contributed by atoms with Gasteiger partial charge in [0.1, 0.15) is 0 Å². The molecule has 0 aromatic heterocycles. The first-order valence-electron chi connectivity index (χ1n) is 19.1. The minimum Gasteiger partial charge on any atom is -0.252 e.